The third-order valence-corrected chi connectivity index (χ3v) is 3.13. The van der Waals surface area contributed by atoms with E-state index >= 15 is 0 Å². The molecule has 3 heteroatoms. The molecule has 1 aromatic rings. The van der Waals surface area contributed by atoms with Crippen molar-refractivity contribution in [1.82, 2.24) is 5.32 Å². The lowest BCUT2D eigenvalue weighted by atomic mass is 10.1. The molecule has 0 bridgehead atoms. The van der Waals surface area contributed by atoms with Gasteiger partial charge in [0.15, 0.2) is 0 Å². The third-order valence-electron chi connectivity index (χ3n) is 2.11. The Bertz CT molecular complexity index is 357. The largest absolute Gasteiger partial charge is 0.354 e. The SMILES string of the molecule is CC(C)NC(=O)Cc1ccc(SC(C)C)cc1. The zero-order chi connectivity index (χ0) is 12.8. The maximum atomic E-state index is 11.6. The first kappa shape index (κ1) is 14.1. The minimum Gasteiger partial charge on any atom is -0.354 e. The summed E-state index contributed by atoms with van der Waals surface area (Å²) >= 11 is 1.84. The summed E-state index contributed by atoms with van der Waals surface area (Å²) in [6.45, 7) is 8.30. The molecule has 94 valence electrons. The van der Waals surface area contributed by atoms with Crippen molar-refractivity contribution >= 4 is 17.7 Å². The molecule has 0 aromatic heterocycles. The van der Waals surface area contributed by atoms with E-state index in [1.165, 1.54) is 4.90 Å². The van der Waals surface area contributed by atoms with E-state index in [-0.39, 0.29) is 11.9 Å². The molecule has 1 amide bonds. The van der Waals surface area contributed by atoms with Crippen LogP contribution in [0.15, 0.2) is 29.2 Å². The number of hydrogen-bond donors (Lipinski definition) is 1. The van der Waals surface area contributed by atoms with Gasteiger partial charge < -0.3 is 5.32 Å². The number of thioether (sulfide) groups is 1. The number of benzene rings is 1. The number of amides is 1. The zero-order valence-electron chi connectivity index (χ0n) is 11.0. The zero-order valence-corrected chi connectivity index (χ0v) is 11.8. The monoisotopic (exact) mass is 251 g/mol. The van der Waals surface area contributed by atoms with E-state index in [1.807, 2.05) is 37.7 Å². The van der Waals surface area contributed by atoms with Gasteiger partial charge in [0.1, 0.15) is 0 Å². The van der Waals surface area contributed by atoms with Gasteiger partial charge in [-0.05, 0) is 31.5 Å². The lowest BCUT2D eigenvalue weighted by Crippen LogP contribution is -2.31. The quantitative estimate of drug-likeness (QED) is 0.814. The van der Waals surface area contributed by atoms with Crippen molar-refractivity contribution in [1.29, 1.82) is 0 Å². The number of hydrogen-bond acceptors (Lipinski definition) is 2. The third kappa shape index (κ3) is 5.78. The van der Waals surface area contributed by atoms with Crippen LogP contribution in [0.2, 0.25) is 0 Å². The minimum atomic E-state index is 0.0873. The highest BCUT2D eigenvalue weighted by molar-refractivity contribution is 7.99. The molecule has 0 fully saturated rings. The van der Waals surface area contributed by atoms with Gasteiger partial charge in [-0.25, -0.2) is 0 Å². The van der Waals surface area contributed by atoms with Crippen LogP contribution in [0.5, 0.6) is 0 Å². The highest BCUT2D eigenvalue weighted by Crippen LogP contribution is 2.22. The van der Waals surface area contributed by atoms with Crippen LogP contribution in [0.4, 0.5) is 0 Å². The van der Waals surface area contributed by atoms with Crippen molar-refractivity contribution in [3.63, 3.8) is 0 Å². The number of carbonyl (C=O) groups excluding carboxylic acids is 1. The first-order valence-electron chi connectivity index (χ1n) is 6.02. The summed E-state index contributed by atoms with van der Waals surface area (Å²) in [6.07, 6.45) is 0.463. The second-order valence-electron chi connectivity index (χ2n) is 4.71. The Hall–Kier alpha value is -0.960. The predicted molar refractivity (Wildman–Crippen MR) is 74.4 cm³/mol. The summed E-state index contributed by atoms with van der Waals surface area (Å²) in [6, 6.07) is 8.44. The number of nitrogens with one attached hydrogen (secondary N) is 1. The Labute approximate surface area is 108 Å². The molecule has 0 saturated carbocycles. The number of rotatable bonds is 5. The van der Waals surface area contributed by atoms with Gasteiger partial charge in [-0.3, -0.25) is 4.79 Å². The van der Waals surface area contributed by atoms with E-state index in [2.05, 4.69) is 31.3 Å². The van der Waals surface area contributed by atoms with Gasteiger partial charge in [-0.15, -0.1) is 11.8 Å². The van der Waals surface area contributed by atoms with Gasteiger partial charge >= 0.3 is 0 Å². The Balaban J connectivity index is 2.53. The van der Waals surface area contributed by atoms with Crippen LogP contribution < -0.4 is 5.32 Å². The predicted octanol–water partition coefficient (Wildman–Crippen LogP) is 3.25. The van der Waals surface area contributed by atoms with E-state index < -0.39 is 0 Å². The summed E-state index contributed by atoms with van der Waals surface area (Å²) in [5, 5.41) is 3.48. The van der Waals surface area contributed by atoms with E-state index in [4.69, 9.17) is 0 Å². The standard InChI is InChI=1S/C14H21NOS/c1-10(2)15-14(16)9-12-5-7-13(8-6-12)17-11(3)4/h5-8,10-11H,9H2,1-4H3,(H,15,16). The molecule has 0 atom stereocenters. The van der Waals surface area contributed by atoms with E-state index in [1.54, 1.807) is 0 Å². The average molecular weight is 251 g/mol. The Kier molecular flexibility index (Phi) is 5.56. The molecule has 17 heavy (non-hydrogen) atoms. The molecule has 1 rings (SSSR count). The first-order valence-corrected chi connectivity index (χ1v) is 6.90. The molecule has 1 N–H and O–H groups in total. The molecule has 2 nitrogen and oxygen atoms in total. The van der Waals surface area contributed by atoms with Crippen molar-refractivity contribution in [2.75, 3.05) is 0 Å². The maximum absolute atomic E-state index is 11.6. The van der Waals surface area contributed by atoms with Crippen molar-refractivity contribution < 1.29 is 4.79 Å². The van der Waals surface area contributed by atoms with Crippen LogP contribution in [0, 0.1) is 0 Å². The highest BCUT2D eigenvalue weighted by Gasteiger charge is 2.05. The van der Waals surface area contributed by atoms with Gasteiger partial charge in [-0.2, -0.15) is 0 Å². The van der Waals surface area contributed by atoms with Gasteiger partial charge in [0, 0.05) is 16.2 Å². The molecule has 0 heterocycles. The Morgan fingerprint density at radius 1 is 1.18 bits per heavy atom. The second-order valence-corrected chi connectivity index (χ2v) is 6.36. The van der Waals surface area contributed by atoms with Crippen LogP contribution >= 0.6 is 11.8 Å². The van der Waals surface area contributed by atoms with Gasteiger partial charge in [-0.1, -0.05) is 26.0 Å². The normalized spacial score (nSPS) is 10.9. The van der Waals surface area contributed by atoms with Crippen LogP contribution in [0.25, 0.3) is 0 Å². The first-order chi connectivity index (χ1) is 7.97. The van der Waals surface area contributed by atoms with Crippen molar-refractivity contribution in [3.8, 4) is 0 Å². The van der Waals surface area contributed by atoms with Crippen molar-refractivity contribution in [2.45, 2.75) is 50.3 Å². The van der Waals surface area contributed by atoms with Gasteiger partial charge in [0.25, 0.3) is 0 Å². The molecular weight excluding hydrogens is 230 g/mol. The minimum absolute atomic E-state index is 0.0873. The van der Waals surface area contributed by atoms with Crippen LogP contribution in [-0.2, 0) is 11.2 Å². The molecule has 1 aromatic carbocycles. The van der Waals surface area contributed by atoms with Crippen molar-refractivity contribution in [2.24, 2.45) is 0 Å². The lowest BCUT2D eigenvalue weighted by Gasteiger charge is -2.09. The molecule has 0 aliphatic rings. The van der Waals surface area contributed by atoms with E-state index in [0.29, 0.717) is 11.7 Å². The van der Waals surface area contributed by atoms with Crippen molar-refractivity contribution in [3.05, 3.63) is 29.8 Å². The second kappa shape index (κ2) is 6.70. The highest BCUT2D eigenvalue weighted by atomic mass is 32.2. The Morgan fingerprint density at radius 2 is 1.76 bits per heavy atom. The maximum Gasteiger partial charge on any atom is 0.224 e. The molecule has 0 aliphatic carbocycles. The topological polar surface area (TPSA) is 29.1 Å². The summed E-state index contributed by atoms with van der Waals surface area (Å²) < 4.78 is 0. The molecule has 0 spiro atoms. The molecular formula is C14H21NOS. The molecule has 0 radical (unpaired) electrons. The lowest BCUT2D eigenvalue weighted by molar-refractivity contribution is -0.120. The Morgan fingerprint density at radius 3 is 2.24 bits per heavy atom. The molecule has 0 aliphatic heterocycles. The van der Waals surface area contributed by atoms with Crippen LogP contribution in [0.3, 0.4) is 0 Å². The fourth-order valence-corrected chi connectivity index (χ4v) is 2.35. The fourth-order valence-electron chi connectivity index (χ4n) is 1.52. The fraction of sp³-hybridized carbons (Fsp3) is 0.500. The summed E-state index contributed by atoms with van der Waals surface area (Å²) in [5.41, 5.74) is 1.07. The summed E-state index contributed by atoms with van der Waals surface area (Å²) in [7, 11) is 0. The average Bonchev–Trinajstić information content (AvgIpc) is 2.18. The van der Waals surface area contributed by atoms with Crippen LogP contribution in [-0.4, -0.2) is 17.2 Å². The molecule has 0 saturated heterocycles. The van der Waals surface area contributed by atoms with Gasteiger partial charge in [0.2, 0.25) is 5.91 Å². The summed E-state index contributed by atoms with van der Waals surface area (Å²) in [4.78, 5) is 12.8. The number of carbonyl (C=O) groups is 1. The van der Waals surface area contributed by atoms with E-state index in [9.17, 15) is 4.79 Å². The van der Waals surface area contributed by atoms with E-state index in [0.717, 1.165) is 5.56 Å². The van der Waals surface area contributed by atoms with Gasteiger partial charge in [0.05, 0.1) is 6.42 Å². The summed E-state index contributed by atoms with van der Waals surface area (Å²) in [5.74, 6) is 0.0873. The molecule has 0 unspecified atom stereocenters. The smallest absolute Gasteiger partial charge is 0.224 e. The van der Waals surface area contributed by atoms with Crippen LogP contribution in [0.1, 0.15) is 33.3 Å².